The van der Waals surface area contributed by atoms with Crippen LogP contribution in [0.15, 0.2) is 60.8 Å². The summed E-state index contributed by atoms with van der Waals surface area (Å²) in [6, 6.07) is 16.7. The van der Waals surface area contributed by atoms with Crippen LogP contribution in [0.2, 0.25) is 0 Å². The molecular formula is C20H20N4O2. The minimum Gasteiger partial charge on any atom is -0.495 e. The summed E-state index contributed by atoms with van der Waals surface area (Å²) >= 11 is 0. The van der Waals surface area contributed by atoms with Crippen molar-refractivity contribution < 1.29 is 9.53 Å². The number of hydrogen-bond donors (Lipinski definition) is 2. The summed E-state index contributed by atoms with van der Waals surface area (Å²) in [7, 11) is 1.59. The number of carbonyl (C=O) groups is 1. The van der Waals surface area contributed by atoms with Gasteiger partial charge in [-0.05, 0) is 36.2 Å². The Hall–Kier alpha value is -3.41. The van der Waals surface area contributed by atoms with Crippen LogP contribution >= 0.6 is 0 Å². The van der Waals surface area contributed by atoms with E-state index in [1.165, 1.54) is 0 Å². The van der Waals surface area contributed by atoms with E-state index >= 15 is 0 Å². The molecule has 132 valence electrons. The molecule has 0 aliphatic rings. The average Bonchev–Trinajstić information content (AvgIpc) is 2.69. The van der Waals surface area contributed by atoms with Gasteiger partial charge in [-0.15, -0.1) is 0 Å². The molecule has 0 aliphatic heterocycles. The molecule has 0 saturated heterocycles. The van der Waals surface area contributed by atoms with Gasteiger partial charge < -0.3 is 15.4 Å². The van der Waals surface area contributed by atoms with Gasteiger partial charge in [-0.3, -0.25) is 4.79 Å². The number of para-hydroxylation sites is 3. The number of aryl methyl sites for hydroxylation is 1. The fourth-order valence-corrected chi connectivity index (χ4v) is 2.55. The fourth-order valence-electron chi connectivity index (χ4n) is 2.55. The van der Waals surface area contributed by atoms with Gasteiger partial charge in [0.05, 0.1) is 12.8 Å². The Bertz CT molecular complexity index is 912. The molecule has 3 rings (SSSR count). The molecule has 0 spiro atoms. The van der Waals surface area contributed by atoms with Crippen molar-refractivity contribution in [3.05, 3.63) is 72.1 Å². The highest BCUT2D eigenvalue weighted by atomic mass is 16.5. The molecule has 2 aromatic carbocycles. The molecule has 2 N–H and O–H groups in total. The van der Waals surface area contributed by atoms with Gasteiger partial charge >= 0.3 is 0 Å². The Kier molecular flexibility index (Phi) is 5.43. The topological polar surface area (TPSA) is 76.1 Å². The van der Waals surface area contributed by atoms with Crippen molar-refractivity contribution in [3.63, 3.8) is 0 Å². The molecule has 0 atom stereocenters. The lowest BCUT2D eigenvalue weighted by Gasteiger charge is -2.11. The molecule has 0 unspecified atom stereocenters. The van der Waals surface area contributed by atoms with Gasteiger partial charge in [0.1, 0.15) is 11.4 Å². The molecule has 6 nitrogen and oxygen atoms in total. The van der Waals surface area contributed by atoms with Crippen LogP contribution in [0, 0.1) is 0 Å². The Labute approximate surface area is 152 Å². The molecule has 6 heteroatoms. The van der Waals surface area contributed by atoms with E-state index < -0.39 is 0 Å². The lowest BCUT2D eigenvalue weighted by atomic mass is 10.1. The van der Waals surface area contributed by atoms with Crippen molar-refractivity contribution in [2.24, 2.45) is 0 Å². The summed E-state index contributed by atoms with van der Waals surface area (Å²) in [6.45, 7) is 2.05. The van der Waals surface area contributed by atoms with E-state index in [0.717, 1.165) is 23.4 Å². The molecule has 0 bridgehead atoms. The Morgan fingerprint density at radius 1 is 1.04 bits per heavy atom. The number of amides is 1. The normalized spacial score (nSPS) is 10.2. The molecule has 0 saturated carbocycles. The Morgan fingerprint density at radius 2 is 1.77 bits per heavy atom. The number of nitrogens with zero attached hydrogens (tertiary/aromatic N) is 2. The Balaban J connectivity index is 1.79. The highest BCUT2D eigenvalue weighted by Crippen LogP contribution is 2.25. The lowest BCUT2D eigenvalue weighted by Crippen LogP contribution is -2.15. The molecule has 1 heterocycles. The third kappa shape index (κ3) is 3.97. The summed E-state index contributed by atoms with van der Waals surface area (Å²) < 4.78 is 5.30. The maximum atomic E-state index is 12.6. The van der Waals surface area contributed by atoms with Gasteiger partial charge in [0.15, 0.2) is 0 Å². The number of carbonyl (C=O) groups excluding carboxylic acids is 1. The zero-order chi connectivity index (χ0) is 18.4. The van der Waals surface area contributed by atoms with Crippen LogP contribution in [0.5, 0.6) is 5.75 Å². The quantitative estimate of drug-likeness (QED) is 0.703. The third-order valence-electron chi connectivity index (χ3n) is 3.89. The van der Waals surface area contributed by atoms with Crippen molar-refractivity contribution in [3.8, 4) is 5.75 Å². The second kappa shape index (κ2) is 8.11. The van der Waals surface area contributed by atoms with Crippen LogP contribution in [-0.2, 0) is 6.42 Å². The van der Waals surface area contributed by atoms with E-state index in [1.807, 2.05) is 55.5 Å². The minimum atomic E-state index is -0.281. The molecule has 0 radical (unpaired) electrons. The van der Waals surface area contributed by atoms with Gasteiger partial charge in [-0.2, -0.15) is 0 Å². The molecule has 1 amide bonds. The van der Waals surface area contributed by atoms with Gasteiger partial charge in [-0.1, -0.05) is 37.3 Å². The predicted molar refractivity (Wildman–Crippen MR) is 102 cm³/mol. The maximum absolute atomic E-state index is 12.6. The monoisotopic (exact) mass is 348 g/mol. The van der Waals surface area contributed by atoms with E-state index in [0.29, 0.717) is 11.7 Å². The number of nitrogens with one attached hydrogen (secondary N) is 2. The van der Waals surface area contributed by atoms with E-state index in [9.17, 15) is 4.79 Å². The standard InChI is InChI=1S/C20H20N4O2/c1-3-14-8-4-5-9-15(14)22-19(25)17-12-13-21-20(24-17)23-16-10-6-7-11-18(16)26-2/h4-13H,3H2,1-2H3,(H,22,25)(H,21,23,24). The molecule has 1 aromatic heterocycles. The van der Waals surface area contributed by atoms with Gasteiger partial charge in [-0.25, -0.2) is 9.97 Å². The zero-order valence-electron chi connectivity index (χ0n) is 14.7. The van der Waals surface area contributed by atoms with Gasteiger partial charge in [0.25, 0.3) is 5.91 Å². The second-order valence-electron chi connectivity index (χ2n) is 5.56. The van der Waals surface area contributed by atoms with Crippen molar-refractivity contribution >= 4 is 23.2 Å². The predicted octanol–water partition coefficient (Wildman–Crippen LogP) is 4.04. The smallest absolute Gasteiger partial charge is 0.274 e. The molecule has 0 aliphatic carbocycles. The van der Waals surface area contributed by atoms with Crippen molar-refractivity contribution in [2.45, 2.75) is 13.3 Å². The molecule has 26 heavy (non-hydrogen) atoms. The number of methoxy groups -OCH3 is 1. The highest BCUT2D eigenvalue weighted by molar-refractivity contribution is 6.03. The third-order valence-corrected chi connectivity index (χ3v) is 3.89. The number of aromatic nitrogens is 2. The highest BCUT2D eigenvalue weighted by Gasteiger charge is 2.12. The fraction of sp³-hybridized carbons (Fsp3) is 0.150. The van der Waals surface area contributed by atoms with Crippen molar-refractivity contribution in [2.75, 3.05) is 17.7 Å². The summed E-state index contributed by atoms with van der Waals surface area (Å²) in [5.41, 5.74) is 2.87. The number of anilines is 3. The van der Waals surface area contributed by atoms with Crippen LogP contribution in [-0.4, -0.2) is 23.0 Å². The number of ether oxygens (including phenoxy) is 1. The van der Waals surface area contributed by atoms with Crippen LogP contribution in [0.3, 0.4) is 0 Å². The first-order valence-corrected chi connectivity index (χ1v) is 8.33. The van der Waals surface area contributed by atoms with E-state index in [2.05, 4.69) is 20.6 Å². The van der Waals surface area contributed by atoms with Crippen molar-refractivity contribution in [1.82, 2.24) is 9.97 Å². The van der Waals surface area contributed by atoms with E-state index in [1.54, 1.807) is 19.4 Å². The first-order chi connectivity index (χ1) is 12.7. The zero-order valence-corrected chi connectivity index (χ0v) is 14.7. The summed E-state index contributed by atoms with van der Waals surface area (Å²) in [5, 5.41) is 5.99. The maximum Gasteiger partial charge on any atom is 0.274 e. The molecule has 0 fully saturated rings. The van der Waals surface area contributed by atoms with E-state index in [4.69, 9.17) is 4.74 Å². The van der Waals surface area contributed by atoms with Crippen molar-refractivity contribution in [1.29, 1.82) is 0 Å². The van der Waals surface area contributed by atoms with Crippen LogP contribution < -0.4 is 15.4 Å². The number of benzene rings is 2. The average molecular weight is 348 g/mol. The number of rotatable bonds is 6. The lowest BCUT2D eigenvalue weighted by molar-refractivity contribution is 0.102. The second-order valence-corrected chi connectivity index (χ2v) is 5.56. The van der Waals surface area contributed by atoms with Crippen LogP contribution in [0.4, 0.5) is 17.3 Å². The first-order valence-electron chi connectivity index (χ1n) is 8.33. The van der Waals surface area contributed by atoms with Gasteiger partial charge in [0, 0.05) is 11.9 Å². The van der Waals surface area contributed by atoms with E-state index in [-0.39, 0.29) is 11.6 Å². The summed E-state index contributed by atoms with van der Waals surface area (Å²) in [4.78, 5) is 21.0. The Morgan fingerprint density at radius 3 is 2.54 bits per heavy atom. The number of hydrogen-bond acceptors (Lipinski definition) is 5. The minimum absolute atomic E-state index is 0.281. The molecular weight excluding hydrogens is 328 g/mol. The van der Waals surface area contributed by atoms with Crippen LogP contribution in [0.1, 0.15) is 23.0 Å². The summed E-state index contributed by atoms with van der Waals surface area (Å²) in [6.07, 6.45) is 2.38. The first kappa shape index (κ1) is 17.4. The van der Waals surface area contributed by atoms with Gasteiger partial charge in [0.2, 0.25) is 5.95 Å². The van der Waals surface area contributed by atoms with Crippen LogP contribution in [0.25, 0.3) is 0 Å². The molecule has 3 aromatic rings. The summed E-state index contributed by atoms with van der Waals surface area (Å²) in [5.74, 6) is 0.713. The SMILES string of the molecule is CCc1ccccc1NC(=O)c1ccnc(Nc2ccccc2OC)n1. The largest absolute Gasteiger partial charge is 0.495 e.